The number of carbonyl (C=O) groups excluding carboxylic acids is 1. The molecule has 2 N–H and O–H groups in total. The van der Waals surface area contributed by atoms with E-state index >= 15 is 0 Å². The van der Waals surface area contributed by atoms with Crippen LogP contribution in [0.15, 0.2) is 0 Å². The van der Waals surface area contributed by atoms with Gasteiger partial charge in [-0.1, -0.05) is 6.92 Å². The van der Waals surface area contributed by atoms with Gasteiger partial charge in [-0.25, -0.2) is 4.79 Å². The number of nitrogens with two attached hydrogens (primary N) is 1. The van der Waals surface area contributed by atoms with Crippen LogP contribution in [-0.4, -0.2) is 28.1 Å². The first-order chi connectivity index (χ1) is 6.26. The van der Waals surface area contributed by atoms with Crippen molar-refractivity contribution in [3.63, 3.8) is 0 Å². The fraction of sp³-hybridized carbons (Fsp3) is 0.900. The molecule has 0 amide bonds. The second-order valence-corrected chi connectivity index (χ2v) is 6.25. The first-order valence-corrected chi connectivity index (χ1v) is 5.94. The van der Waals surface area contributed by atoms with Crippen molar-refractivity contribution in [1.29, 1.82) is 0 Å². The lowest BCUT2D eigenvalue weighted by Gasteiger charge is -2.30. The number of hydrogen-bond donors (Lipinski definition) is 1. The number of carbonyl (C=O) groups is 1. The van der Waals surface area contributed by atoms with E-state index in [4.69, 9.17) is 10.5 Å². The summed E-state index contributed by atoms with van der Waals surface area (Å²) in [5.41, 5.74) is 4.83. The minimum Gasteiger partial charge on any atom is -0.459 e. The summed E-state index contributed by atoms with van der Waals surface area (Å²) < 4.78 is 5.32. The Labute approximate surface area is 89.8 Å². The summed E-state index contributed by atoms with van der Waals surface area (Å²) in [6, 6.07) is 0. The van der Waals surface area contributed by atoms with E-state index in [1.165, 1.54) is 0 Å². The van der Waals surface area contributed by atoms with Crippen molar-refractivity contribution in [3.8, 4) is 0 Å². The maximum Gasteiger partial charge on any atom is 0.327 e. The van der Waals surface area contributed by atoms with Gasteiger partial charge in [-0.2, -0.15) is 11.8 Å². The molecule has 0 aromatic heterocycles. The monoisotopic (exact) mass is 217 g/mol. The van der Waals surface area contributed by atoms with Crippen molar-refractivity contribution in [3.05, 3.63) is 0 Å². The molecule has 1 aliphatic rings. The fourth-order valence-corrected chi connectivity index (χ4v) is 2.72. The van der Waals surface area contributed by atoms with E-state index in [2.05, 4.69) is 0 Å². The molecule has 0 aromatic carbocycles. The molecule has 1 fully saturated rings. The van der Waals surface area contributed by atoms with Gasteiger partial charge in [0, 0.05) is 5.25 Å². The van der Waals surface area contributed by atoms with E-state index in [-0.39, 0.29) is 11.2 Å². The maximum absolute atomic E-state index is 11.8. The molecular weight excluding hydrogens is 198 g/mol. The van der Waals surface area contributed by atoms with E-state index in [0.717, 1.165) is 5.75 Å². The van der Waals surface area contributed by atoms with Gasteiger partial charge < -0.3 is 10.5 Å². The molecule has 3 nitrogen and oxygen atoms in total. The number of esters is 1. The third kappa shape index (κ3) is 2.42. The van der Waals surface area contributed by atoms with Crippen LogP contribution in [0.4, 0.5) is 0 Å². The van der Waals surface area contributed by atoms with Crippen molar-refractivity contribution in [1.82, 2.24) is 0 Å². The lowest BCUT2D eigenvalue weighted by Crippen LogP contribution is -2.54. The molecule has 2 atom stereocenters. The van der Waals surface area contributed by atoms with Gasteiger partial charge in [0.15, 0.2) is 0 Å². The average Bonchev–Trinajstić information content (AvgIpc) is 2.30. The highest BCUT2D eigenvalue weighted by atomic mass is 32.2. The Balaban J connectivity index is 2.68. The molecule has 0 unspecified atom stereocenters. The first-order valence-electron chi connectivity index (χ1n) is 4.90. The zero-order chi connectivity index (χ0) is 11.0. The third-order valence-corrected chi connectivity index (χ3v) is 3.75. The molecule has 0 aliphatic carbocycles. The minimum absolute atomic E-state index is 0.150. The van der Waals surface area contributed by atoms with Crippen LogP contribution in [0, 0.1) is 0 Å². The van der Waals surface area contributed by atoms with E-state index < -0.39 is 11.1 Å². The SMILES string of the molecule is C[C@@H]1SCC[C@@]1(N)C(=O)OC(C)(C)C. The van der Waals surface area contributed by atoms with Crippen LogP contribution >= 0.6 is 11.8 Å². The van der Waals surface area contributed by atoms with Gasteiger partial charge in [-0.05, 0) is 32.9 Å². The molecule has 14 heavy (non-hydrogen) atoms. The summed E-state index contributed by atoms with van der Waals surface area (Å²) in [4.78, 5) is 11.8. The van der Waals surface area contributed by atoms with Crippen LogP contribution in [0.25, 0.3) is 0 Å². The van der Waals surface area contributed by atoms with Gasteiger partial charge >= 0.3 is 5.97 Å². The zero-order valence-electron chi connectivity index (χ0n) is 9.29. The van der Waals surface area contributed by atoms with Gasteiger partial charge in [0.1, 0.15) is 11.1 Å². The molecule has 1 saturated heterocycles. The Morgan fingerprint density at radius 2 is 2.14 bits per heavy atom. The lowest BCUT2D eigenvalue weighted by atomic mass is 9.94. The van der Waals surface area contributed by atoms with Crippen LogP contribution in [0.3, 0.4) is 0 Å². The van der Waals surface area contributed by atoms with Crippen molar-refractivity contribution >= 4 is 17.7 Å². The Kier molecular flexibility index (Phi) is 3.17. The highest BCUT2D eigenvalue weighted by molar-refractivity contribution is 8.00. The third-order valence-electron chi connectivity index (χ3n) is 2.39. The Morgan fingerprint density at radius 3 is 2.50 bits per heavy atom. The molecule has 82 valence electrons. The van der Waals surface area contributed by atoms with Crippen molar-refractivity contribution in [2.45, 2.75) is 50.5 Å². The number of thioether (sulfide) groups is 1. The predicted octanol–water partition coefficient (Wildman–Crippen LogP) is 1.55. The van der Waals surface area contributed by atoms with E-state index in [1.807, 2.05) is 27.7 Å². The van der Waals surface area contributed by atoms with Crippen LogP contribution in [-0.2, 0) is 9.53 Å². The number of hydrogen-bond acceptors (Lipinski definition) is 4. The summed E-state index contributed by atoms with van der Waals surface area (Å²) in [6.07, 6.45) is 0.716. The largest absolute Gasteiger partial charge is 0.459 e. The highest BCUT2D eigenvalue weighted by Gasteiger charge is 2.46. The topological polar surface area (TPSA) is 52.3 Å². The minimum atomic E-state index is -0.780. The quantitative estimate of drug-likeness (QED) is 0.677. The highest BCUT2D eigenvalue weighted by Crippen LogP contribution is 2.35. The van der Waals surface area contributed by atoms with E-state index in [0.29, 0.717) is 6.42 Å². The molecule has 1 aliphatic heterocycles. The summed E-state index contributed by atoms with van der Waals surface area (Å²) >= 11 is 1.73. The van der Waals surface area contributed by atoms with Crippen LogP contribution < -0.4 is 5.73 Å². The smallest absolute Gasteiger partial charge is 0.327 e. The summed E-state index contributed by atoms with van der Waals surface area (Å²) in [5.74, 6) is 0.680. The fourth-order valence-electron chi connectivity index (χ4n) is 1.40. The summed E-state index contributed by atoms with van der Waals surface area (Å²) in [5, 5.41) is 0.150. The predicted molar refractivity (Wildman–Crippen MR) is 59.3 cm³/mol. The van der Waals surface area contributed by atoms with Gasteiger partial charge in [0.2, 0.25) is 0 Å². The molecule has 0 spiro atoms. The Hall–Kier alpha value is -0.220. The summed E-state index contributed by atoms with van der Waals surface area (Å²) in [6.45, 7) is 7.57. The standard InChI is InChI=1S/C10H19NO2S/c1-7-10(11,5-6-14-7)8(12)13-9(2,3)4/h7H,5-6,11H2,1-4H3/t7-,10-/m0/s1. The van der Waals surface area contributed by atoms with Crippen LogP contribution in [0.1, 0.15) is 34.1 Å². The normalized spacial score (nSPS) is 33.1. The molecule has 0 bridgehead atoms. The van der Waals surface area contributed by atoms with Gasteiger partial charge in [-0.15, -0.1) is 0 Å². The molecule has 0 aromatic rings. The Morgan fingerprint density at radius 1 is 1.57 bits per heavy atom. The molecular formula is C10H19NO2S. The molecule has 0 saturated carbocycles. The zero-order valence-corrected chi connectivity index (χ0v) is 10.1. The van der Waals surface area contributed by atoms with E-state index in [1.54, 1.807) is 11.8 Å². The number of ether oxygens (including phenoxy) is 1. The average molecular weight is 217 g/mol. The van der Waals surface area contributed by atoms with Crippen molar-refractivity contribution in [2.75, 3.05) is 5.75 Å². The number of rotatable bonds is 1. The second kappa shape index (κ2) is 3.74. The van der Waals surface area contributed by atoms with Crippen molar-refractivity contribution < 1.29 is 9.53 Å². The van der Waals surface area contributed by atoms with Crippen LogP contribution in [0.2, 0.25) is 0 Å². The van der Waals surface area contributed by atoms with E-state index in [9.17, 15) is 4.79 Å². The second-order valence-electron chi connectivity index (χ2n) is 4.81. The van der Waals surface area contributed by atoms with Gasteiger partial charge in [0.05, 0.1) is 0 Å². The Bertz CT molecular complexity index is 237. The molecule has 0 radical (unpaired) electrons. The van der Waals surface area contributed by atoms with Gasteiger partial charge in [-0.3, -0.25) is 0 Å². The van der Waals surface area contributed by atoms with Crippen LogP contribution in [0.5, 0.6) is 0 Å². The molecule has 1 rings (SSSR count). The lowest BCUT2D eigenvalue weighted by molar-refractivity contribution is -0.161. The van der Waals surface area contributed by atoms with Gasteiger partial charge in [0.25, 0.3) is 0 Å². The maximum atomic E-state index is 11.8. The summed E-state index contributed by atoms with van der Waals surface area (Å²) in [7, 11) is 0. The molecule has 4 heteroatoms. The molecule has 1 heterocycles. The first kappa shape index (κ1) is 11.9. The van der Waals surface area contributed by atoms with Crippen molar-refractivity contribution in [2.24, 2.45) is 5.73 Å².